The maximum Gasteiger partial charge on any atom is 0.410 e. The molecule has 0 radical (unpaired) electrons. The Labute approximate surface area is 122 Å². The molecule has 0 aliphatic carbocycles. The molecule has 1 atom stereocenters. The van der Waals surface area contributed by atoms with E-state index < -0.39 is 18.1 Å². The fourth-order valence-corrected chi connectivity index (χ4v) is 2.12. The number of carboxylic acids is 1. The third-order valence-electron chi connectivity index (χ3n) is 2.84. The molecule has 1 aromatic rings. The molecule has 20 heavy (non-hydrogen) atoms. The van der Waals surface area contributed by atoms with E-state index in [9.17, 15) is 9.59 Å². The smallest absolute Gasteiger partial charge is 0.410 e. The summed E-state index contributed by atoms with van der Waals surface area (Å²) in [5.74, 6) is -0.342. The lowest BCUT2D eigenvalue weighted by atomic mass is 10.2. The van der Waals surface area contributed by atoms with Gasteiger partial charge in [0.05, 0.1) is 0 Å². The Morgan fingerprint density at radius 1 is 1.35 bits per heavy atom. The van der Waals surface area contributed by atoms with Gasteiger partial charge in [-0.3, -0.25) is 4.90 Å². The van der Waals surface area contributed by atoms with Crippen molar-refractivity contribution in [2.45, 2.75) is 19.1 Å². The van der Waals surface area contributed by atoms with Crippen LogP contribution in [0.3, 0.4) is 0 Å². The van der Waals surface area contributed by atoms with Crippen molar-refractivity contribution in [3.05, 3.63) is 35.9 Å². The molecule has 0 fully saturated rings. The molecule has 110 valence electrons. The van der Waals surface area contributed by atoms with Gasteiger partial charge in [-0.2, -0.15) is 11.8 Å². The molecular weight excluding hydrogens is 278 g/mol. The molecule has 5 nitrogen and oxygen atoms in total. The summed E-state index contributed by atoms with van der Waals surface area (Å²) in [5.41, 5.74) is 0.866. The van der Waals surface area contributed by atoms with Gasteiger partial charge in [-0.15, -0.1) is 0 Å². The van der Waals surface area contributed by atoms with E-state index in [2.05, 4.69) is 0 Å². The predicted octanol–water partition coefficient (Wildman–Crippen LogP) is 2.46. The van der Waals surface area contributed by atoms with Crippen LogP contribution in [0.2, 0.25) is 0 Å². The number of rotatable bonds is 7. The number of carbonyl (C=O) groups is 2. The van der Waals surface area contributed by atoms with E-state index in [0.717, 1.165) is 10.5 Å². The van der Waals surface area contributed by atoms with E-state index in [0.29, 0.717) is 12.2 Å². The Bertz CT molecular complexity index is 438. The fraction of sp³-hybridized carbons (Fsp3) is 0.429. The lowest BCUT2D eigenvalue weighted by molar-refractivity contribution is -0.142. The van der Waals surface area contributed by atoms with Gasteiger partial charge < -0.3 is 9.84 Å². The highest BCUT2D eigenvalue weighted by atomic mass is 32.2. The van der Waals surface area contributed by atoms with Gasteiger partial charge in [0.1, 0.15) is 12.6 Å². The maximum atomic E-state index is 11.9. The molecule has 6 heteroatoms. The Hall–Kier alpha value is -1.69. The first kappa shape index (κ1) is 16.4. The van der Waals surface area contributed by atoms with Gasteiger partial charge in [0.25, 0.3) is 0 Å². The highest BCUT2D eigenvalue weighted by Gasteiger charge is 2.27. The molecule has 1 aromatic carbocycles. The van der Waals surface area contributed by atoms with Crippen molar-refractivity contribution >= 4 is 23.8 Å². The summed E-state index contributed by atoms with van der Waals surface area (Å²) in [4.78, 5) is 24.2. The van der Waals surface area contributed by atoms with Crippen molar-refractivity contribution in [3.63, 3.8) is 0 Å². The van der Waals surface area contributed by atoms with Gasteiger partial charge in [-0.05, 0) is 24.0 Å². The van der Waals surface area contributed by atoms with Crippen molar-refractivity contribution in [1.82, 2.24) is 4.90 Å². The molecule has 0 saturated carbocycles. The molecule has 0 saturated heterocycles. The van der Waals surface area contributed by atoms with Crippen molar-refractivity contribution in [2.24, 2.45) is 0 Å². The number of carbonyl (C=O) groups excluding carboxylic acids is 1. The molecule has 0 bridgehead atoms. The fourth-order valence-electron chi connectivity index (χ4n) is 1.66. The van der Waals surface area contributed by atoms with Crippen LogP contribution in [0.25, 0.3) is 0 Å². The number of thioether (sulfide) groups is 1. The summed E-state index contributed by atoms with van der Waals surface area (Å²) in [5, 5.41) is 9.15. The second-order valence-corrected chi connectivity index (χ2v) is 5.27. The highest BCUT2D eigenvalue weighted by molar-refractivity contribution is 7.98. The SMILES string of the molecule is CSCC[C@@H](C(=O)O)N(C)C(=O)OCc1ccccc1. The second-order valence-electron chi connectivity index (χ2n) is 4.29. The lowest BCUT2D eigenvalue weighted by Gasteiger charge is -2.24. The number of likely N-dealkylation sites (N-methyl/N-ethyl adjacent to an activating group) is 1. The van der Waals surface area contributed by atoms with Crippen molar-refractivity contribution in [1.29, 1.82) is 0 Å². The minimum absolute atomic E-state index is 0.138. The van der Waals surface area contributed by atoms with Gasteiger partial charge in [0.2, 0.25) is 0 Å². The molecule has 0 spiro atoms. The molecular formula is C14H19NO4S. The number of amides is 1. The average Bonchev–Trinajstić information content (AvgIpc) is 2.45. The Morgan fingerprint density at radius 2 is 2.00 bits per heavy atom. The number of hydrogen-bond acceptors (Lipinski definition) is 4. The van der Waals surface area contributed by atoms with Crippen LogP contribution in [0.5, 0.6) is 0 Å². The summed E-state index contributed by atoms with van der Waals surface area (Å²) in [7, 11) is 1.45. The summed E-state index contributed by atoms with van der Waals surface area (Å²) < 4.78 is 5.12. The van der Waals surface area contributed by atoms with Gasteiger partial charge in [-0.1, -0.05) is 30.3 Å². The molecule has 0 heterocycles. The third-order valence-corrected chi connectivity index (χ3v) is 3.49. The van der Waals surface area contributed by atoms with Gasteiger partial charge >= 0.3 is 12.1 Å². The van der Waals surface area contributed by atoms with E-state index in [4.69, 9.17) is 9.84 Å². The van der Waals surface area contributed by atoms with E-state index >= 15 is 0 Å². The quantitative estimate of drug-likeness (QED) is 0.837. The van der Waals surface area contributed by atoms with E-state index in [-0.39, 0.29) is 6.61 Å². The van der Waals surface area contributed by atoms with Gasteiger partial charge in [-0.25, -0.2) is 9.59 Å². The van der Waals surface area contributed by atoms with Gasteiger partial charge in [0.15, 0.2) is 0 Å². The Kier molecular flexibility index (Phi) is 6.93. The van der Waals surface area contributed by atoms with Crippen LogP contribution >= 0.6 is 11.8 Å². The summed E-state index contributed by atoms with van der Waals surface area (Å²) in [6.07, 6.45) is 1.67. The molecule has 1 rings (SSSR count). The van der Waals surface area contributed by atoms with Crippen LogP contribution in [0.15, 0.2) is 30.3 Å². The second kappa shape index (κ2) is 8.47. The molecule has 0 aliphatic rings. The third kappa shape index (κ3) is 5.13. The van der Waals surface area contributed by atoms with Crippen LogP contribution in [0, 0.1) is 0 Å². The number of benzene rings is 1. The lowest BCUT2D eigenvalue weighted by Crippen LogP contribution is -2.43. The Balaban J connectivity index is 2.53. The number of aliphatic carboxylic acids is 1. The predicted molar refractivity (Wildman–Crippen MR) is 78.8 cm³/mol. The first-order chi connectivity index (χ1) is 9.56. The van der Waals surface area contributed by atoms with E-state index in [1.807, 2.05) is 36.6 Å². The summed E-state index contributed by atoms with van der Waals surface area (Å²) in [6.45, 7) is 0.138. The first-order valence-electron chi connectivity index (χ1n) is 6.21. The maximum absolute atomic E-state index is 11.9. The van der Waals surface area contributed by atoms with Gasteiger partial charge in [0, 0.05) is 7.05 Å². The largest absolute Gasteiger partial charge is 0.480 e. The number of nitrogens with zero attached hydrogens (tertiary/aromatic N) is 1. The van der Waals surface area contributed by atoms with E-state index in [1.54, 1.807) is 11.8 Å². The zero-order valence-electron chi connectivity index (χ0n) is 11.6. The number of carboxylic acid groups (broad SMARTS) is 1. The van der Waals surface area contributed by atoms with Crippen LogP contribution in [-0.4, -0.2) is 47.2 Å². The molecule has 1 amide bonds. The topological polar surface area (TPSA) is 66.8 Å². The molecule has 0 unspecified atom stereocenters. The zero-order valence-corrected chi connectivity index (χ0v) is 12.4. The standard InChI is InChI=1S/C14H19NO4S/c1-15(12(13(16)17)8-9-20-2)14(18)19-10-11-6-4-3-5-7-11/h3-7,12H,8-10H2,1-2H3,(H,16,17)/t12-/m0/s1. The van der Waals surface area contributed by atoms with Crippen LogP contribution in [0.1, 0.15) is 12.0 Å². The highest BCUT2D eigenvalue weighted by Crippen LogP contribution is 2.10. The minimum Gasteiger partial charge on any atom is -0.480 e. The minimum atomic E-state index is -1.02. The Morgan fingerprint density at radius 3 is 2.55 bits per heavy atom. The average molecular weight is 297 g/mol. The van der Waals surface area contributed by atoms with Crippen molar-refractivity contribution in [2.75, 3.05) is 19.1 Å². The normalized spacial score (nSPS) is 11.7. The zero-order chi connectivity index (χ0) is 15.0. The summed E-state index contributed by atoms with van der Waals surface area (Å²) in [6, 6.07) is 8.41. The number of hydrogen-bond donors (Lipinski definition) is 1. The molecule has 0 aromatic heterocycles. The van der Waals surface area contributed by atoms with Crippen LogP contribution in [0.4, 0.5) is 4.79 Å². The summed E-state index contributed by atoms with van der Waals surface area (Å²) >= 11 is 1.54. The first-order valence-corrected chi connectivity index (χ1v) is 7.61. The monoisotopic (exact) mass is 297 g/mol. The van der Waals surface area contributed by atoms with Crippen molar-refractivity contribution < 1.29 is 19.4 Å². The molecule has 1 N–H and O–H groups in total. The van der Waals surface area contributed by atoms with Crippen molar-refractivity contribution in [3.8, 4) is 0 Å². The number of ether oxygens (including phenoxy) is 1. The van der Waals surface area contributed by atoms with Crippen LogP contribution in [-0.2, 0) is 16.1 Å². The van der Waals surface area contributed by atoms with E-state index in [1.165, 1.54) is 7.05 Å². The van der Waals surface area contributed by atoms with Crippen LogP contribution < -0.4 is 0 Å². The molecule has 0 aliphatic heterocycles.